The largest absolute Gasteiger partial charge is 0.310 e. The van der Waals surface area contributed by atoms with Crippen molar-refractivity contribution >= 4 is 6.08 Å². The SMILES string of the molecule is C=Cc1ncccc1[C@H]1CCN1. The minimum Gasteiger partial charge on any atom is -0.310 e. The first kappa shape index (κ1) is 7.50. The molecule has 0 amide bonds. The van der Waals surface area contributed by atoms with Gasteiger partial charge in [-0.15, -0.1) is 0 Å². The van der Waals surface area contributed by atoms with E-state index in [-0.39, 0.29) is 0 Å². The van der Waals surface area contributed by atoms with Crippen LogP contribution in [0.2, 0.25) is 0 Å². The highest BCUT2D eigenvalue weighted by Gasteiger charge is 2.20. The van der Waals surface area contributed by atoms with Crippen molar-refractivity contribution in [3.63, 3.8) is 0 Å². The molecule has 0 aliphatic carbocycles. The van der Waals surface area contributed by atoms with Gasteiger partial charge >= 0.3 is 0 Å². The van der Waals surface area contributed by atoms with E-state index in [1.807, 2.05) is 12.1 Å². The third kappa shape index (κ3) is 1.14. The Morgan fingerprint density at radius 2 is 2.50 bits per heavy atom. The zero-order chi connectivity index (χ0) is 8.39. The lowest BCUT2D eigenvalue weighted by atomic mass is 9.97. The van der Waals surface area contributed by atoms with Crippen molar-refractivity contribution in [3.8, 4) is 0 Å². The van der Waals surface area contributed by atoms with Crippen LogP contribution in [0.1, 0.15) is 23.7 Å². The predicted molar refractivity (Wildman–Crippen MR) is 49.7 cm³/mol. The monoisotopic (exact) mass is 160 g/mol. The molecule has 2 heterocycles. The molecule has 0 saturated carbocycles. The molecule has 0 unspecified atom stereocenters. The minimum atomic E-state index is 0.506. The van der Waals surface area contributed by atoms with E-state index in [4.69, 9.17) is 0 Å². The van der Waals surface area contributed by atoms with Crippen LogP contribution in [0.5, 0.6) is 0 Å². The van der Waals surface area contributed by atoms with Gasteiger partial charge in [-0.2, -0.15) is 0 Å². The third-order valence-electron chi connectivity index (χ3n) is 2.26. The van der Waals surface area contributed by atoms with Gasteiger partial charge in [0.05, 0.1) is 5.69 Å². The van der Waals surface area contributed by atoms with E-state index in [0.29, 0.717) is 6.04 Å². The maximum absolute atomic E-state index is 4.24. The van der Waals surface area contributed by atoms with Crippen molar-refractivity contribution in [1.82, 2.24) is 10.3 Å². The normalized spacial score (nSPS) is 21.5. The second-order valence-corrected chi connectivity index (χ2v) is 2.98. The highest BCUT2D eigenvalue weighted by Crippen LogP contribution is 2.24. The lowest BCUT2D eigenvalue weighted by molar-refractivity contribution is 0.382. The van der Waals surface area contributed by atoms with Crippen LogP contribution in [0, 0.1) is 0 Å². The molecule has 1 aliphatic rings. The van der Waals surface area contributed by atoms with Crippen LogP contribution < -0.4 is 5.32 Å². The van der Waals surface area contributed by atoms with Crippen molar-refractivity contribution in [2.75, 3.05) is 6.54 Å². The minimum absolute atomic E-state index is 0.506. The van der Waals surface area contributed by atoms with Gasteiger partial charge in [0, 0.05) is 12.2 Å². The maximum Gasteiger partial charge on any atom is 0.0671 e. The highest BCUT2D eigenvalue weighted by atomic mass is 15.0. The van der Waals surface area contributed by atoms with Crippen LogP contribution in [0.3, 0.4) is 0 Å². The number of pyridine rings is 1. The van der Waals surface area contributed by atoms with Gasteiger partial charge in [0.15, 0.2) is 0 Å². The van der Waals surface area contributed by atoms with Crippen molar-refractivity contribution in [2.45, 2.75) is 12.5 Å². The lowest BCUT2D eigenvalue weighted by Crippen LogP contribution is -2.35. The quantitative estimate of drug-likeness (QED) is 0.713. The molecule has 2 nitrogen and oxygen atoms in total. The Morgan fingerprint density at radius 3 is 3.08 bits per heavy atom. The molecule has 1 aromatic rings. The average molecular weight is 160 g/mol. The summed E-state index contributed by atoms with van der Waals surface area (Å²) in [5, 5.41) is 3.35. The molecule has 0 spiro atoms. The van der Waals surface area contributed by atoms with Crippen LogP contribution in [0.25, 0.3) is 6.08 Å². The number of aromatic nitrogens is 1. The van der Waals surface area contributed by atoms with Gasteiger partial charge in [-0.1, -0.05) is 12.6 Å². The summed E-state index contributed by atoms with van der Waals surface area (Å²) >= 11 is 0. The van der Waals surface area contributed by atoms with Gasteiger partial charge in [0.1, 0.15) is 0 Å². The predicted octanol–water partition coefficient (Wildman–Crippen LogP) is 1.76. The molecular weight excluding hydrogens is 148 g/mol. The Bertz CT molecular complexity index is 290. The fraction of sp³-hybridized carbons (Fsp3) is 0.300. The van der Waals surface area contributed by atoms with Crippen LogP contribution in [-0.2, 0) is 0 Å². The van der Waals surface area contributed by atoms with Gasteiger partial charge in [-0.05, 0) is 30.7 Å². The molecule has 0 radical (unpaired) electrons. The molecule has 1 N–H and O–H groups in total. The van der Waals surface area contributed by atoms with Gasteiger partial charge in [-0.25, -0.2) is 0 Å². The summed E-state index contributed by atoms with van der Waals surface area (Å²) in [5.74, 6) is 0. The van der Waals surface area contributed by atoms with Crippen molar-refractivity contribution in [2.24, 2.45) is 0 Å². The molecule has 62 valence electrons. The van der Waals surface area contributed by atoms with E-state index in [9.17, 15) is 0 Å². The molecule has 1 saturated heterocycles. The summed E-state index contributed by atoms with van der Waals surface area (Å²) in [6.45, 7) is 4.86. The van der Waals surface area contributed by atoms with Crippen molar-refractivity contribution in [3.05, 3.63) is 36.2 Å². The smallest absolute Gasteiger partial charge is 0.0671 e. The average Bonchev–Trinajstić information content (AvgIpc) is 2.02. The lowest BCUT2D eigenvalue weighted by Gasteiger charge is -2.28. The van der Waals surface area contributed by atoms with E-state index in [0.717, 1.165) is 12.2 Å². The van der Waals surface area contributed by atoms with Crippen LogP contribution >= 0.6 is 0 Å². The first-order valence-electron chi connectivity index (χ1n) is 4.22. The summed E-state index contributed by atoms with van der Waals surface area (Å²) < 4.78 is 0. The van der Waals surface area contributed by atoms with Gasteiger partial charge < -0.3 is 5.32 Å². The van der Waals surface area contributed by atoms with E-state index in [2.05, 4.69) is 22.9 Å². The van der Waals surface area contributed by atoms with E-state index >= 15 is 0 Å². The van der Waals surface area contributed by atoms with E-state index < -0.39 is 0 Å². The van der Waals surface area contributed by atoms with Crippen LogP contribution in [0.4, 0.5) is 0 Å². The Hall–Kier alpha value is -1.15. The van der Waals surface area contributed by atoms with Gasteiger partial charge in [0.25, 0.3) is 0 Å². The second-order valence-electron chi connectivity index (χ2n) is 2.98. The highest BCUT2D eigenvalue weighted by molar-refractivity contribution is 5.48. The molecule has 1 aromatic heterocycles. The zero-order valence-electron chi connectivity index (χ0n) is 6.96. The molecule has 1 atom stereocenters. The number of nitrogens with zero attached hydrogens (tertiary/aromatic N) is 1. The first-order chi connectivity index (χ1) is 5.92. The topological polar surface area (TPSA) is 24.9 Å². The third-order valence-corrected chi connectivity index (χ3v) is 2.26. The molecule has 12 heavy (non-hydrogen) atoms. The van der Waals surface area contributed by atoms with E-state index in [1.165, 1.54) is 12.0 Å². The summed E-state index contributed by atoms with van der Waals surface area (Å²) in [4.78, 5) is 4.24. The van der Waals surface area contributed by atoms with Crippen molar-refractivity contribution in [1.29, 1.82) is 0 Å². The standard InChI is InChI=1S/C10H12N2/c1-2-9-8(4-3-6-11-9)10-5-7-12-10/h2-4,6,10,12H,1,5,7H2/t10-/m1/s1. The fourth-order valence-electron chi connectivity index (χ4n) is 1.45. The van der Waals surface area contributed by atoms with Gasteiger partial charge in [-0.3, -0.25) is 4.98 Å². The first-order valence-corrected chi connectivity index (χ1v) is 4.22. The number of rotatable bonds is 2. The molecule has 2 rings (SSSR count). The van der Waals surface area contributed by atoms with Crippen LogP contribution in [0.15, 0.2) is 24.9 Å². The summed E-state index contributed by atoms with van der Waals surface area (Å²) in [7, 11) is 0. The summed E-state index contributed by atoms with van der Waals surface area (Å²) in [6, 6.07) is 4.59. The Morgan fingerprint density at radius 1 is 1.67 bits per heavy atom. The molecular formula is C10H12N2. The summed E-state index contributed by atoms with van der Waals surface area (Å²) in [6.07, 6.45) is 4.83. The fourth-order valence-corrected chi connectivity index (χ4v) is 1.45. The Labute approximate surface area is 72.3 Å². The molecule has 1 fully saturated rings. The second kappa shape index (κ2) is 3.07. The van der Waals surface area contributed by atoms with Crippen molar-refractivity contribution < 1.29 is 0 Å². The number of hydrogen-bond donors (Lipinski definition) is 1. The van der Waals surface area contributed by atoms with E-state index in [1.54, 1.807) is 6.20 Å². The Kier molecular flexibility index (Phi) is 1.92. The number of nitrogens with one attached hydrogen (secondary N) is 1. The molecule has 0 bridgehead atoms. The zero-order valence-corrected chi connectivity index (χ0v) is 6.96. The molecule has 0 aromatic carbocycles. The molecule has 2 heteroatoms. The van der Waals surface area contributed by atoms with Crippen LogP contribution in [-0.4, -0.2) is 11.5 Å². The number of hydrogen-bond acceptors (Lipinski definition) is 2. The Balaban J connectivity index is 2.33. The van der Waals surface area contributed by atoms with Gasteiger partial charge in [0.2, 0.25) is 0 Å². The summed E-state index contributed by atoms with van der Waals surface area (Å²) in [5.41, 5.74) is 2.29. The maximum atomic E-state index is 4.24. The molecule has 1 aliphatic heterocycles.